The smallest absolute Gasteiger partial charge is 0.246 e. The van der Waals surface area contributed by atoms with E-state index in [2.05, 4.69) is 15.7 Å². The summed E-state index contributed by atoms with van der Waals surface area (Å²) in [5, 5.41) is 10.3. The number of guanidine groups is 1. The van der Waals surface area contributed by atoms with Crippen molar-refractivity contribution in [3.05, 3.63) is 78.6 Å². The van der Waals surface area contributed by atoms with E-state index in [1.165, 1.54) is 0 Å². The summed E-state index contributed by atoms with van der Waals surface area (Å²) in [6, 6.07) is 19.3. The second kappa shape index (κ2) is 12.1. The molecule has 2 aromatic carbocycles. The SMILES string of the molecule is CCNC(=NCc1cccc(NC(=O)Cn2cccn2)c1)N(C)CCOc1ccccc1. The average Bonchev–Trinajstić information content (AvgIpc) is 3.30. The lowest BCUT2D eigenvalue weighted by Crippen LogP contribution is -2.40. The number of benzene rings is 2. The molecular weight excluding hydrogens is 404 g/mol. The van der Waals surface area contributed by atoms with Crippen LogP contribution in [-0.2, 0) is 17.9 Å². The Bertz CT molecular complexity index is 989. The van der Waals surface area contributed by atoms with Crippen molar-refractivity contribution in [2.75, 3.05) is 32.1 Å². The Morgan fingerprint density at radius 1 is 1.16 bits per heavy atom. The molecule has 0 radical (unpaired) electrons. The predicted octanol–water partition coefficient (Wildman–Crippen LogP) is 3.00. The number of amides is 1. The number of carbonyl (C=O) groups excluding carboxylic acids is 1. The molecule has 0 aliphatic carbocycles. The third-order valence-electron chi connectivity index (χ3n) is 4.62. The van der Waals surface area contributed by atoms with Crippen LogP contribution in [0, 0.1) is 0 Å². The second-order valence-electron chi connectivity index (χ2n) is 7.21. The number of anilines is 1. The summed E-state index contributed by atoms with van der Waals surface area (Å²) in [5.74, 6) is 1.53. The number of aliphatic imine (C=N–C) groups is 1. The number of para-hydroxylation sites is 1. The molecule has 0 saturated heterocycles. The predicted molar refractivity (Wildman–Crippen MR) is 127 cm³/mol. The number of ether oxygens (including phenoxy) is 1. The fourth-order valence-electron chi connectivity index (χ4n) is 3.05. The zero-order chi connectivity index (χ0) is 22.6. The molecule has 168 valence electrons. The molecule has 1 amide bonds. The normalized spacial score (nSPS) is 11.1. The first kappa shape index (κ1) is 22.9. The van der Waals surface area contributed by atoms with Gasteiger partial charge in [-0.2, -0.15) is 5.10 Å². The zero-order valence-electron chi connectivity index (χ0n) is 18.6. The van der Waals surface area contributed by atoms with E-state index in [-0.39, 0.29) is 12.5 Å². The molecule has 0 spiro atoms. The van der Waals surface area contributed by atoms with E-state index in [1.54, 1.807) is 23.1 Å². The first-order valence-corrected chi connectivity index (χ1v) is 10.7. The van der Waals surface area contributed by atoms with Crippen LogP contribution in [0.4, 0.5) is 5.69 Å². The number of carbonyl (C=O) groups is 1. The molecule has 3 rings (SSSR count). The number of hydrogen-bond donors (Lipinski definition) is 2. The molecule has 0 unspecified atom stereocenters. The van der Waals surface area contributed by atoms with Gasteiger partial charge in [0.2, 0.25) is 5.91 Å². The van der Waals surface area contributed by atoms with Crippen molar-refractivity contribution in [1.29, 1.82) is 0 Å². The van der Waals surface area contributed by atoms with E-state index in [0.29, 0.717) is 19.7 Å². The molecule has 0 bridgehead atoms. The topological polar surface area (TPSA) is 83.8 Å². The first-order valence-electron chi connectivity index (χ1n) is 10.7. The van der Waals surface area contributed by atoms with Crippen LogP contribution in [0.25, 0.3) is 0 Å². The minimum Gasteiger partial charge on any atom is -0.492 e. The van der Waals surface area contributed by atoms with Gasteiger partial charge in [0.05, 0.1) is 13.1 Å². The fourth-order valence-corrected chi connectivity index (χ4v) is 3.05. The third-order valence-corrected chi connectivity index (χ3v) is 4.62. The van der Waals surface area contributed by atoms with Gasteiger partial charge in [-0.1, -0.05) is 30.3 Å². The number of aromatic nitrogens is 2. The largest absolute Gasteiger partial charge is 0.492 e. The summed E-state index contributed by atoms with van der Waals surface area (Å²) in [4.78, 5) is 19.0. The molecule has 8 heteroatoms. The lowest BCUT2D eigenvalue weighted by atomic mass is 10.2. The van der Waals surface area contributed by atoms with Crippen LogP contribution >= 0.6 is 0 Å². The molecular formula is C24H30N6O2. The lowest BCUT2D eigenvalue weighted by Gasteiger charge is -2.22. The molecule has 0 aliphatic heterocycles. The molecule has 32 heavy (non-hydrogen) atoms. The standard InChI is InChI=1S/C24H30N6O2/c1-3-25-24(29(2)15-16-32-22-11-5-4-6-12-22)26-18-20-9-7-10-21(17-20)28-23(31)19-30-14-8-13-27-30/h4-14,17H,3,15-16,18-19H2,1-2H3,(H,25,26)(H,28,31). The van der Waals surface area contributed by atoms with Crippen LogP contribution in [0.5, 0.6) is 5.75 Å². The Labute approximate surface area is 188 Å². The van der Waals surface area contributed by atoms with Crippen LogP contribution in [0.2, 0.25) is 0 Å². The summed E-state index contributed by atoms with van der Waals surface area (Å²) in [5.41, 5.74) is 1.75. The van der Waals surface area contributed by atoms with Crippen LogP contribution in [0.1, 0.15) is 12.5 Å². The second-order valence-corrected chi connectivity index (χ2v) is 7.21. The van der Waals surface area contributed by atoms with Gasteiger partial charge in [0.15, 0.2) is 5.96 Å². The molecule has 1 aromatic heterocycles. The van der Waals surface area contributed by atoms with Crippen molar-refractivity contribution in [2.24, 2.45) is 4.99 Å². The Morgan fingerprint density at radius 2 is 2.00 bits per heavy atom. The highest BCUT2D eigenvalue weighted by molar-refractivity contribution is 5.90. The van der Waals surface area contributed by atoms with E-state index < -0.39 is 0 Å². The van der Waals surface area contributed by atoms with Crippen molar-refractivity contribution >= 4 is 17.6 Å². The maximum atomic E-state index is 12.2. The van der Waals surface area contributed by atoms with Gasteiger partial charge in [0.25, 0.3) is 0 Å². The summed E-state index contributed by atoms with van der Waals surface area (Å²) in [7, 11) is 1.99. The molecule has 0 atom stereocenters. The lowest BCUT2D eigenvalue weighted by molar-refractivity contribution is -0.116. The number of nitrogens with zero attached hydrogens (tertiary/aromatic N) is 4. The van der Waals surface area contributed by atoms with Gasteiger partial charge < -0.3 is 20.3 Å². The summed E-state index contributed by atoms with van der Waals surface area (Å²) < 4.78 is 7.37. The van der Waals surface area contributed by atoms with E-state index >= 15 is 0 Å². The molecule has 0 aliphatic rings. The maximum Gasteiger partial charge on any atom is 0.246 e. The van der Waals surface area contributed by atoms with Crippen LogP contribution in [-0.4, -0.2) is 53.3 Å². The molecule has 8 nitrogen and oxygen atoms in total. The minimum absolute atomic E-state index is 0.124. The molecule has 0 saturated carbocycles. The average molecular weight is 435 g/mol. The zero-order valence-corrected chi connectivity index (χ0v) is 18.6. The van der Waals surface area contributed by atoms with Gasteiger partial charge in [-0.05, 0) is 42.8 Å². The van der Waals surface area contributed by atoms with Crippen molar-refractivity contribution in [3.8, 4) is 5.75 Å². The highest BCUT2D eigenvalue weighted by Gasteiger charge is 2.07. The van der Waals surface area contributed by atoms with Crippen LogP contribution in [0.3, 0.4) is 0 Å². The van der Waals surface area contributed by atoms with Gasteiger partial charge in [0.1, 0.15) is 18.9 Å². The van der Waals surface area contributed by atoms with Crippen molar-refractivity contribution in [2.45, 2.75) is 20.0 Å². The first-order chi connectivity index (χ1) is 15.6. The van der Waals surface area contributed by atoms with Gasteiger partial charge in [-0.3, -0.25) is 9.48 Å². The molecule has 3 aromatic rings. The quantitative estimate of drug-likeness (QED) is 0.379. The van der Waals surface area contributed by atoms with Crippen molar-refractivity contribution in [3.63, 3.8) is 0 Å². The summed E-state index contributed by atoms with van der Waals surface area (Å²) in [6.07, 6.45) is 3.41. The van der Waals surface area contributed by atoms with Gasteiger partial charge in [0, 0.05) is 31.7 Å². The number of likely N-dealkylation sites (N-methyl/N-ethyl adjacent to an activating group) is 1. The van der Waals surface area contributed by atoms with Crippen molar-refractivity contribution < 1.29 is 9.53 Å². The number of rotatable bonds is 10. The van der Waals surface area contributed by atoms with E-state index in [4.69, 9.17) is 9.73 Å². The van der Waals surface area contributed by atoms with Gasteiger partial charge in [-0.15, -0.1) is 0 Å². The number of nitrogens with one attached hydrogen (secondary N) is 2. The summed E-state index contributed by atoms with van der Waals surface area (Å²) >= 11 is 0. The molecule has 0 fully saturated rings. The highest BCUT2D eigenvalue weighted by atomic mass is 16.5. The minimum atomic E-state index is -0.124. The van der Waals surface area contributed by atoms with E-state index in [9.17, 15) is 4.79 Å². The fraction of sp³-hybridized carbons (Fsp3) is 0.292. The Kier molecular flexibility index (Phi) is 8.68. The molecule has 2 N–H and O–H groups in total. The monoisotopic (exact) mass is 434 g/mol. The maximum absolute atomic E-state index is 12.2. The van der Waals surface area contributed by atoms with Gasteiger partial charge >= 0.3 is 0 Å². The van der Waals surface area contributed by atoms with E-state index in [1.807, 2.05) is 73.5 Å². The number of hydrogen-bond acceptors (Lipinski definition) is 4. The Balaban J connectivity index is 1.54. The van der Waals surface area contributed by atoms with Crippen molar-refractivity contribution in [1.82, 2.24) is 20.0 Å². The highest BCUT2D eigenvalue weighted by Crippen LogP contribution is 2.12. The molecule has 1 heterocycles. The Hall–Kier alpha value is -3.81. The van der Waals surface area contributed by atoms with Crippen LogP contribution < -0.4 is 15.4 Å². The van der Waals surface area contributed by atoms with Gasteiger partial charge in [-0.25, -0.2) is 4.99 Å². The third kappa shape index (κ3) is 7.46. The summed E-state index contributed by atoms with van der Waals surface area (Å²) in [6.45, 7) is 4.74. The van der Waals surface area contributed by atoms with E-state index in [0.717, 1.165) is 29.5 Å². The Morgan fingerprint density at radius 3 is 2.75 bits per heavy atom. The van der Waals surface area contributed by atoms with Crippen LogP contribution in [0.15, 0.2) is 78.0 Å².